The van der Waals surface area contributed by atoms with Crippen LogP contribution in [0.15, 0.2) is 48.5 Å². The van der Waals surface area contributed by atoms with Crippen LogP contribution in [0, 0.1) is 0 Å². The first-order valence-electron chi connectivity index (χ1n) is 9.44. The summed E-state index contributed by atoms with van der Waals surface area (Å²) in [6, 6.07) is 14.3. The van der Waals surface area contributed by atoms with Crippen LogP contribution in [-0.4, -0.2) is 24.2 Å². The summed E-state index contributed by atoms with van der Waals surface area (Å²) in [5.74, 6) is -0.387. The van der Waals surface area contributed by atoms with Gasteiger partial charge in [0.1, 0.15) is 5.76 Å². The Hall–Kier alpha value is -3.21. The molecule has 2 amide bonds. The quantitative estimate of drug-likeness (QED) is 0.423. The van der Waals surface area contributed by atoms with Crippen molar-refractivity contribution >= 4 is 34.6 Å². The molecule has 0 aliphatic carbocycles. The van der Waals surface area contributed by atoms with Crippen molar-refractivity contribution in [3.8, 4) is 0 Å². The molecule has 0 saturated carbocycles. The molecule has 0 radical (unpaired) electrons. The second-order valence-electron chi connectivity index (χ2n) is 6.57. The number of amides is 2. The van der Waals surface area contributed by atoms with Crippen LogP contribution in [0.5, 0.6) is 0 Å². The van der Waals surface area contributed by atoms with E-state index in [4.69, 9.17) is 4.74 Å². The van der Waals surface area contributed by atoms with Crippen LogP contribution in [0.2, 0.25) is 0 Å². The number of anilines is 1. The van der Waals surface area contributed by atoms with Gasteiger partial charge in [0.2, 0.25) is 5.91 Å². The van der Waals surface area contributed by atoms with Crippen molar-refractivity contribution in [2.75, 3.05) is 11.5 Å². The van der Waals surface area contributed by atoms with Gasteiger partial charge in [-0.1, -0.05) is 37.3 Å². The highest BCUT2D eigenvalue weighted by atomic mass is 16.5. The van der Waals surface area contributed by atoms with Gasteiger partial charge < -0.3 is 4.74 Å². The van der Waals surface area contributed by atoms with E-state index in [9.17, 15) is 14.4 Å². The van der Waals surface area contributed by atoms with Gasteiger partial charge >= 0.3 is 0 Å². The Morgan fingerprint density at radius 2 is 1.71 bits per heavy atom. The minimum atomic E-state index is -0.435. The lowest BCUT2D eigenvalue weighted by molar-refractivity contribution is -0.122. The predicted molar refractivity (Wildman–Crippen MR) is 109 cm³/mol. The fourth-order valence-corrected chi connectivity index (χ4v) is 3.38. The van der Waals surface area contributed by atoms with E-state index in [0.717, 1.165) is 16.9 Å². The zero-order chi connectivity index (χ0) is 20.3. The molecule has 0 unspecified atom stereocenters. The molecule has 0 spiro atoms. The van der Waals surface area contributed by atoms with Crippen molar-refractivity contribution in [2.24, 2.45) is 0 Å². The average Bonchev–Trinajstić information content (AvgIpc) is 2.98. The SMILES string of the molecule is CCCC(=O)c1ccc2c(c1)/C(=C(/OCC)c1ccccc1)C(=O)N2C(C)=O. The molecule has 1 heterocycles. The highest BCUT2D eigenvalue weighted by Crippen LogP contribution is 2.42. The van der Waals surface area contributed by atoms with E-state index >= 15 is 0 Å². The van der Waals surface area contributed by atoms with Gasteiger partial charge in [-0.3, -0.25) is 14.4 Å². The molecule has 1 aliphatic heterocycles. The minimum Gasteiger partial charge on any atom is -0.492 e. The molecule has 0 aromatic heterocycles. The summed E-state index contributed by atoms with van der Waals surface area (Å²) in [7, 11) is 0. The molecule has 1 aliphatic rings. The number of hydrogen-bond donors (Lipinski definition) is 0. The van der Waals surface area contributed by atoms with Crippen molar-refractivity contribution in [1.29, 1.82) is 0 Å². The number of rotatable bonds is 6. The Morgan fingerprint density at radius 1 is 1.00 bits per heavy atom. The first-order chi connectivity index (χ1) is 13.5. The summed E-state index contributed by atoms with van der Waals surface area (Å²) in [4.78, 5) is 38.9. The van der Waals surface area contributed by atoms with Gasteiger partial charge in [0.05, 0.1) is 17.9 Å². The van der Waals surface area contributed by atoms with E-state index in [2.05, 4.69) is 0 Å². The van der Waals surface area contributed by atoms with Crippen molar-refractivity contribution in [3.63, 3.8) is 0 Å². The predicted octanol–water partition coefficient (Wildman–Crippen LogP) is 4.47. The average molecular weight is 377 g/mol. The highest BCUT2D eigenvalue weighted by Gasteiger charge is 2.38. The Balaban J connectivity index is 2.27. The minimum absolute atomic E-state index is 0.0102. The summed E-state index contributed by atoms with van der Waals surface area (Å²) in [6.45, 7) is 5.50. The molecule has 5 heteroatoms. The number of ketones is 1. The summed E-state index contributed by atoms with van der Waals surface area (Å²) < 4.78 is 5.85. The van der Waals surface area contributed by atoms with Crippen LogP contribution >= 0.6 is 0 Å². The van der Waals surface area contributed by atoms with Crippen LogP contribution in [0.3, 0.4) is 0 Å². The largest absolute Gasteiger partial charge is 0.492 e. The summed E-state index contributed by atoms with van der Waals surface area (Å²) >= 11 is 0. The molecule has 2 aromatic rings. The third kappa shape index (κ3) is 3.48. The van der Waals surface area contributed by atoms with Crippen molar-refractivity contribution in [3.05, 3.63) is 65.2 Å². The molecular formula is C23H23NO4. The molecule has 0 saturated heterocycles. The molecular weight excluding hydrogens is 354 g/mol. The Kier molecular flexibility index (Phi) is 5.73. The molecule has 0 bridgehead atoms. The number of carbonyl (C=O) groups is 3. The summed E-state index contributed by atoms with van der Waals surface area (Å²) in [6.07, 6.45) is 1.17. The molecule has 28 heavy (non-hydrogen) atoms. The standard InChI is InChI=1S/C23H23NO4/c1-4-9-20(26)17-12-13-19-18(14-17)21(23(27)24(19)15(3)25)22(28-5-2)16-10-7-6-8-11-16/h6-8,10-14H,4-5,9H2,1-3H3/b22-21-. The van der Waals surface area contributed by atoms with Gasteiger partial charge in [-0.2, -0.15) is 0 Å². The molecule has 0 atom stereocenters. The van der Waals surface area contributed by atoms with Gasteiger partial charge in [0.25, 0.3) is 5.91 Å². The monoisotopic (exact) mass is 377 g/mol. The Morgan fingerprint density at radius 3 is 2.32 bits per heavy atom. The van der Waals surface area contributed by atoms with E-state index in [-0.39, 0.29) is 11.7 Å². The zero-order valence-corrected chi connectivity index (χ0v) is 16.3. The van der Waals surface area contributed by atoms with Gasteiger partial charge in [-0.25, -0.2) is 4.90 Å². The lowest BCUT2D eigenvalue weighted by atomic mass is 9.97. The number of benzene rings is 2. The second-order valence-corrected chi connectivity index (χ2v) is 6.57. The maximum Gasteiger partial charge on any atom is 0.269 e. The lowest BCUT2D eigenvalue weighted by Gasteiger charge is -2.13. The van der Waals surface area contributed by atoms with Crippen LogP contribution < -0.4 is 4.90 Å². The van der Waals surface area contributed by atoms with Crippen molar-refractivity contribution < 1.29 is 19.1 Å². The molecule has 0 fully saturated rings. The van der Waals surface area contributed by atoms with E-state index in [1.54, 1.807) is 18.2 Å². The van der Waals surface area contributed by atoms with Crippen molar-refractivity contribution in [2.45, 2.75) is 33.6 Å². The normalized spacial score (nSPS) is 14.7. The maximum absolute atomic E-state index is 13.2. The fraction of sp³-hybridized carbons (Fsp3) is 0.261. The number of nitrogens with zero attached hydrogens (tertiary/aromatic N) is 1. The maximum atomic E-state index is 13.2. The van der Waals surface area contributed by atoms with Crippen LogP contribution in [0.4, 0.5) is 5.69 Å². The smallest absolute Gasteiger partial charge is 0.269 e. The van der Waals surface area contributed by atoms with Gasteiger partial charge in [-0.05, 0) is 31.5 Å². The molecule has 0 N–H and O–H groups in total. The molecule has 5 nitrogen and oxygen atoms in total. The molecule has 2 aromatic carbocycles. The number of ether oxygens (including phenoxy) is 1. The van der Waals surface area contributed by atoms with E-state index < -0.39 is 5.91 Å². The first kappa shape index (κ1) is 19.5. The Bertz CT molecular complexity index is 960. The fourth-order valence-electron chi connectivity index (χ4n) is 3.38. The number of fused-ring (bicyclic) bond motifs is 1. The summed E-state index contributed by atoms with van der Waals surface area (Å²) in [5.41, 5.74) is 2.61. The number of Topliss-reactive ketones (excluding diaryl/α,β-unsaturated/α-hetero) is 1. The number of carbonyl (C=O) groups excluding carboxylic acids is 3. The zero-order valence-electron chi connectivity index (χ0n) is 16.3. The highest BCUT2D eigenvalue weighted by molar-refractivity contribution is 6.43. The summed E-state index contributed by atoms with van der Waals surface area (Å²) in [5, 5.41) is 0. The molecule has 3 rings (SSSR count). The van der Waals surface area contributed by atoms with Crippen LogP contribution in [0.1, 0.15) is 55.1 Å². The van der Waals surface area contributed by atoms with E-state index in [0.29, 0.717) is 41.2 Å². The van der Waals surface area contributed by atoms with Gasteiger partial charge in [0, 0.05) is 30.0 Å². The number of hydrogen-bond acceptors (Lipinski definition) is 4. The van der Waals surface area contributed by atoms with E-state index in [1.165, 1.54) is 6.92 Å². The van der Waals surface area contributed by atoms with Crippen LogP contribution in [-0.2, 0) is 14.3 Å². The Labute approximate surface area is 164 Å². The van der Waals surface area contributed by atoms with Gasteiger partial charge in [-0.15, -0.1) is 0 Å². The lowest BCUT2D eigenvalue weighted by Crippen LogP contribution is -2.31. The topological polar surface area (TPSA) is 63.7 Å². The van der Waals surface area contributed by atoms with Gasteiger partial charge in [0.15, 0.2) is 5.78 Å². The third-order valence-electron chi connectivity index (χ3n) is 4.59. The van der Waals surface area contributed by atoms with E-state index in [1.807, 2.05) is 44.2 Å². The second kappa shape index (κ2) is 8.21. The third-order valence-corrected chi connectivity index (χ3v) is 4.59. The number of imide groups is 1. The van der Waals surface area contributed by atoms with Crippen LogP contribution in [0.25, 0.3) is 11.3 Å². The molecule has 144 valence electrons. The van der Waals surface area contributed by atoms with Crippen molar-refractivity contribution in [1.82, 2.24) is 0 Å². The first-order valence-corrected chi connectivity index (χ1v) is 9.44.